The van der Waals surface area contributed by atoms with Gasteiger partial charge in [0, 0.05) is 31.0 Å². The number of hydrogen-bond acceptors (Lipinski definition) is 7. The highest BCUT2D eigenvalue weighted by molar-refractivity contribution is 7.99. The third-order valence-electron chi connectivity index (χ3n) is 4.42. The van der Waals surface area contributed by atoms with E-state index in [0.717, 1.165) is 23.9 Å². The number of sulfonamides is 1. The van der Waals surface area contributed by atoms with E-state index < -0.39 is 10.0 Å². The van der Waals surface area contributed by atoms with E-state index in [2.05, 4.69) is 15.5 Å². The van der Waals surface area contributed by atoms with Crippen molar-refractivity contribution >= 4 is 33.6 Å². The fourth-order valence-corrected chi connectivity index (χ4v) is 5.26. The van der Waals surface area contributed by atoms with Crippen molar-refractivity contribution in [1.82, 2.24) is 19.1 Å². The van der Waals surface area contributed by atoms with Gasteiger partial charge in [-0.05, 0) is 30.7 Å². The number of aromatic nitrogens is 3. The van der Waals surface area contributed by atoms with Crippen molar-refractivity contribution in [2.75, 3.05) is 37.4 Å². The Kier molecular flexibility index (Phi) is 5.17. The van der Waals surface area contributed by atoms with Crippen LogP contribution in [0.4, 0.5) is 5.95 Å². The van der Waals surface area contributed by atoms with Gasteiger partial charge in [-0.2, -0.15) is 4.31 Å². The van der Waals surface area contributed by atoms with Crippen LogP contribution in [-0.2, 0) is 21.3 Å². The largest absolute Gasteiger partial charge is 0.379 e. The van der Waals surface area contributed by atoms with Gasteiger partial charge in [-0.1, -0.05) is 11.8 Å². The normalized spacial score (nSPS) is 18.1. The molecule has 1 aromatic carbocycles. The number of carbonyl (C=O) groups is 1. The second-order valence-electron chi connectivity index (χ2n) is 6.15. The number of nitrogens with one attached hydrogen (secondary N) is 1. The van der Waals surface area contributed by atoms with Crippen molar-refractivity contribution in [3.05, 3.63) is 29.8 Å². The van der Waals surface area contributed by atoms with Crippen molar-refractivity contribution in [3.8, 4) is 0 Å². The summed E-state index contributed by atoms with van der Waals surface area (Å²) in [5.74, 6) is 1.05. The number of morpholine rings is 1. The number of ether oxygens (including phenoxy) is 1. The van der Waals surface area contributed by atoms with Crippen LogP contribution in [0.2, 0.25) is 0 Å². The van der Waals surface area contributed by atoms with E-state index in [4.69, 9.17) is 4.74 Å². The molecule has 2 aromatic rings. The maximum atomic E-state index is 12.6. The van der Waals surface area contributed by atoms with Crippen LogP contribution in [0.3, 0.4) is 0 Å². The zero-order valence-electron chi connectivity index (χ0n) is 14.5. The molecule has 1 amide bonds. The van der Waals surface area contributed by atoms with Crippen molar-refractivity contribution in [3.63, 3.8) is 0 Å². The summed E-state index contributed by atoms with van der Waals surface area (Å²) in [7, 11) is -3.57. The highest BCUT2D eigenvalue weighted by atomic mass is 32.2. The molecule has 0 radical (unpaired) electrons. The topological polar surface area (TPSA) is 106 Å². The number of anilines is 1. The van der Waals surface area contributed by atoms with Crippen molar-refractivity contribution < 1.29 is 17.9 Å². The first-order valence-corrected chi connectivity index (χ1v) is 11.0. The first kappa shape index (κ1) is 18.4. The quantitative estimate of drug-likeness (QED) is 0.804. The number of thioether (sulfide) groups is 1. The van der Waals surface area contributed by atoms with Crippen LogP contribution >= 0.6 is 11.8 Å². The monoisotopic (exact) mass is 409 g/mol. The smallest absolute Gasteiger partial charge is 0.258 e. The van der Waals surface area contributed by atoms with Gasteiger partial charge >= 0.3 is 0 Å². The molecule has 27 heavy (non-hydrogen) atoms. The minimum atomic E-state index is -3.57. The maximum Gasteiger partial charge on any atom is 0.258 e. The molecule has 0 aliphatic carbocycles. The summed E-state index contributed by atoms with van der Waals surface area (Å²) in [6.07, 6.45) is 0.993. The fraction of sp³-hybridized carbons (Fsp3) is 0.438. The number of rotatable bonds is 4. The van der Waals surface area contributed by atoms with Crippen LogP contribution in [-0.4, -0.2) is 65.5 Å². The van der Waals surface area contributed by atoms with Crippen LogP contribution in [0.15, 0.2) is 34.3 Å². The SMILES string of the molecule is O=C(Nc1nnc2n1CCCS2)c1ccc(S(=O)(=O)N2CCOCC2)cc1. The maximum absolute atomic E-state index is 12.6. The van der Waals surface area contributed by atoms with Gasteiger partial charge in [-0.15, -0.1) is 10.2 Å². The van der Waals surface area contributed by atoms with E-state index >= 15 is 0 Å². The lowest BCUT2D eigenvalue weighted by atomic mass is 10.2. The first-order chi connectivity index (χ1) is 13.1. The molecule has 1 fully saturated rings. The number of benzene rings is 1. The number of hydrogen-bond donors (Lipinski definition) is 1. The molecule has 1 N–H and O–H groups in total. The summed E-state index contributed by atoms with van der Waals surface area (Å²) >= 11 is 1.61. The van der Waals surface area contributed by atoms with Gasteiger partial charge in [-0.25, -0.2) is 8.42 Å². The van der Waals surface area contributed by atoms with Gasteiger partial charge in [0.25, 0.3) is 5.91 Å². The van der Waals surface area contributed by atoms with Gasteiger partial charge in [0.05, 0.1) is 18.1 Å². The third kappa shape index (κ3) is 3.72. The molecule has 2 aliphatic rings. The summed E-state index contributed by atoms with van der Waals surface area (Å²) < 4.78 is 33.7. The number of nitrogens with zero attached hydrogens (tertiary/aromatic N) is 4. The van der Waals surface area contributed by atoms with Gasteiger partial charge in [0.1, 0.15) is 0 Å². The van der Waals surface area contributed by atoms with Crippen molar-refractivity contribution in [2.45, 2.75) is 23.0 Å². The molecular formula is C16H19N5O4S2. The van der Waals surface area contributed by atoms with Crippen molar-refractivity contribution in [2.24, 2.45) is 0 Å². The van der Waals surface area contributed by atoms with E-state index in [9.17, 15) is 13.2 Å². The number of fused-ring (bicyclic) bond motifs is 1. The Balaban J connectivity index is 1.48. The van der Waals surface area contributed by atoms with E-state index in [1.54, 1.807) is 11.8 Å². The molecular weight excluding hydrogens is 390 g/mol. The molecule has 0 bridgehead atoms. The Morgan fingerprint density at radius 1 is 1.11 bits per heavy atom. The summed E-state index contributed by atoms with van der Waals surface area (Å²) in [4.78, 5) is 12.6. The highest BCUT2D eigenvalue weighted by Gasteiger charge is 2.26. The van der Waals surface area contributed by atoms with E-state index in [0.29, 0.717) is 37.8 Å². The van der Waals surface area contributed by atoms with Gasteiger partial charge in [-0.3, -0.25) is 14.7 Å². The Morgan fingerprint density at radius 2 is 1.85 bits per heavy atom. The second kappa shape index (κ2) is 7.58. The molecule has 0 saturated carbocycles. The summed E-state index contributed by atoms with van der Waals surface area (Å²) in [6.45, 7) is 2.21. The molecule has 2 aliphatic heterocycles. The van der Waals surface area contributed by atoms with Crippen LogP contribution in [0.25, 0.3) is 0 Å². The molecule has 0 spiro atoms. The van der Waals surface area contributed by atoms with Crippen LogP contribution in [0.5, 0.6) is 0 Å². The highest BCUT2D eigenvalue weighted by Crippen LogP contribution is 2.26. The molecule has 0 atom stereocenters. The zero-order chi connectivity index (χ0) is 18.9. The molecule has 9 nitrogen and oxygen atoms in total. The van der Waals surface area contributed by atoms with E-state index in [1.807, 2.05) is 4.57 Å². The minimum Gasteiger partial charge on any atom is -0.379 e. The zero-order valence-corrected chi connectivity index (χ0v) is 16.1. The second-order valence-corrected chi connectivity index (χ2v) is 9.15. The van der Waals surface area contributed by atoms with Crippen LogP contribution in [0.1, 0.15) is 16.8 Å². The average Bonchev–Trinajstić information content (AvgIpc) is 3.12. The molecule has 1 saturated heterocycles. The Hall–Kier alpha value is -1.95. The Morgan fingerprint density at radius 3 is 2.59 bits per heavy atom. The summed E-state index contributed by atoms with van der Waals surface area (Å²) in [5, 5.41) is 11.6. The molecule has 11 heteroatoms. The van der Waals surface area contributed by atoms with E-state index in [1.165, 1.54) is 28.6 Å². The average molecular weight is 409 g/mol. The van der Waals surface area contributed by atoms with E-state index in [-0.39, 0.29) is 10.8 Å². The third-order valence-corrected chi connectivity index (χ3v) is 7.39. The lowest BCUT2D eigenvalue weighted by Crippen LogP contribution is -2.40. The molecule has 3 heterocycles. The van der Waals surface area contributed by atoms with Gasteiger partial charge < -0.3 is 4.74 Å². The number of amides is 1. The van der Waals surface area contributed by atoms with Gasteiger partial charge in [0.2, 0.25) is 16.0 Å². The van der Waals surface area contributed by atoms with Crippen LogP contribution < -0.4 is 5.32 Å². The molecule has 144 valence electrons. The summed E-state index contributed by atoms with van der Waals surface area (Å²) in [6, 6.07) is 5.92. The minimum absolute atomic E-state index is 0.164. The molecule has 0 unspecified atom stereocenters. The molecule has 1 aromatic heterocycles. The predicted molar refractivity (Wildman–Crippen MR) is 99.3 cm³/mol. The fourth-order valence-electron chi connectivity index (χ4n) is 2.96. The lowest BCUT2D eigenvalue weighted by Gasteiger charge is -2.26. The molecule has 4 rings (SSSR count). The predicted octanol–water partition coefficient (Wildman–Crippen LogP) is 1.05. The lowest BCUT2D eigenvalue weighted by molar-refractivity contribution is 0.0730. The standard InChI is InChI=1S/C16H19N5O4S2/c22-14(17-15-18-19-16-21(15)6-1-11-26-16)12-2-4-13(5-3-12)27(23,24)20-7-9-25-10-8-20/h2-5H,1,6-11H2,(H,17,18,22). The Labute approximate surface area is 161 Å². The number of carbonyl (C=O) groups excluding carboxylic acids is 1. The van der Waals surface area contributed by atoms with Gasteiger partial charge in [0.15, 0.2) is 5.16 Å². The van der Waals surface area contributed by atoms with Crippen molar-refractivity contribution in [1.29, 1.82) is 0 Å². The Bertz CT molecular complexity index is 936. The summed E-state index contributed by atoms with van der Waals surface area (Å²) in [5.41, 5.74) is 0.358. The first-order valence-electron chi connectivity index (χ1n) is 8.61. The van der Waals surface area contributed by atoms with Crippen LogP contribution in [0, 0.1) is 0 Å².